The zero-order valence-electron chi connectivity index (χ0n) is 12.4. The van der Waals surface area contributed by atoms with Gasteiger partial charge in [-0.05, 0) is 24.6 Å². The number of hydrogen-bond donors (Lipinski definition) is 1. The number of aromatic nitrogens is 2. The first-order valence-corrected chi connectivity index (χ1v) is 7.09. The lowest BCUT2D eigenvalue weighted by molar-refractivity contribution is 0.0905. The van der Waals surface area contributed by atoms with Crippen molar-refractivity contribution in [1.82, 2.24) is 15.5 Å². The SMILES string of the molecule is C[C@H](NC(=O)c1nnc(-c2ccccc2F)o1)c1ccccc1. The smallest absolute Gasteiger partial charge is 0.309 e. The van der Waals surface area contributed by atoms with E-state index in [1.165, 1.54) is 12.1 Å². The van der Waals surface area contributed by atoms with Crippen LogP contribution >= 0.6 is 0 Å². The van der Waals surface area contributed by atoms with Gasteiger partial charge in [0.25, 0.3) is 5.89 Å². The fourth-order valence-electron chi connectivity index (χ4n) is 2.14. The van der Waals surface area contributed by atoms with E-state index in [4.69, 9.17) is 4.42 Å². The van der Waals surface area contributed by atoms with Crippen LogP contribution in [0.25, 0.3) is 11.5 Å². The van der Waals surface area contributed by atoms with Crippen LogP contribution in [0.15, 0.2) is 59.0 Å². The third kappa shape index (κ3) is 3.26. The molecule has 1 aromatic heterocycles. The quantitative estimate of drug-likeness (QED) is 0.802. The second-order valence-electron chi connectivity index (χ2n) is 5.00. The lowest BCUT2D eigenvalue weighted by atomic mass is 10.1. The number of amides is 1. The van der Waals surface area contributed by atoms with Crippen LogP contribution in [-0.4, -0.2) is 16.1 Å². The number of nitrogens with one attached hydrogen (secondary N) is 1. The van der Waals surface area contributed by atoms with E-state index in [1.54, 1.807) is 12.1 Å². The lowest BCUT2D eigenvalue weighted by Gasteiger charge is -2.12. The number of benzene rings is 2. The van der Waals surface area contributed by atoms with E-state index < -0.39 is 11.7 Å². The summed E-state index contributed by atoms with van der Waals surface area (Å²) in [6, 6.07) is 15.3. The molecule has 0 unspecified atom stereocenters. The number of rotatable bonds is 4. The Morgan fingerprint density at radius 2 is 1.78 bits per heavy atom. The zero-order valence-corrected chi connectivity index (χ0v) is 12.4. The van der Waals surface area contributed by atoms with Gasteiger partial charge in [0.1, 0.15) is 5.82 Å². The van der Waals surface area contributed by atoms with E-state index >= 15 is 0 Å². The molecule has 0 aliphatic carbocycles. The maximum atomic E-state index is 13.7. The van der Waals surface area contributed by atoms with Gasteiger partial charge in [-0.15, -0.1) is 10.2 Å². The molecule has 116 valence electrons. The first-order valence-electron chi connectivity index (χ1n) is 7.09. The highest BCUT2D eigenvalue weighted by Gasteiger charge is 2.19. The molecule has 0 aliphatic heterocycles. The molecule has 1 heterocycles. The molecule has 6 heteroatoms. The van der Waals surface area contributed by atoms with Crippen molar-refractivity contribution in [3.8, 4) is 11.5 Å². The summed E-state index contributed by atoms with van der Waals surface area (Å²) in [7, 11) is 0. The fourth-order valence-corrected chi connectivity index (χ4v) is 2.14. The van der Waals surface area contributed by atoms with Gasteiger partial charge in [0.15, 0.2) is 0 Å². The monoisotopic (exact) mass is 311 g/mol. The van der Waals surface area contributed by atoms with E-state index in [2.05, 4.69) is 15.5 Å². The molecule has 0 aliphatic rings. The molecular weight excluding hydrogens is 297 g/mol. The zero-order chi connectivity index (χ0) is 16.2. The first-order chi connectivity index (χ1) is 11.1. The fraction of sp³-hybridized carbons (Fsp3) is 0.118. The van der Waals surface area contributed by atoms with E-state index in [1.807, 2.05) is 37.3 Å². The number of halogens is 1. The Balaban J connectivity index is 1.75. The van der Waals surface area contributed by atoms with Crippen molar-refractivity contribution in [2.24, 2.45) is 0 Å². The van der Waals surface area contributed by atoms with Crippen molar-refractivity contribution < 1.29 is 13.6 Å². The number of carbonyl (C=O) groups excluding carboxylic acids is 1. The second kappa shape index (κ2) is 6.39. The van der Waals surface area contributed by atoms with E-state index in [9.17, 15) is 9.18 Å². The molecule has 23 heavy (non-hydrogen) atoms. The molecule has 0 radical (unpaired) electrons. The lowest BCUT2D eigenvalue weighted by Crippen LogP contribution is -2.26. The van der Waals surface area contributed by atoms with Crippen molar-refractivity contribution in [2.75, 3.05) is 0 Å². The number of hydrogen-bond acceptors (Lipinski definition) is 4. The van der Waals surface area contributed by atoms with Crippen LogP contribution in [0.5, 0.6) is 0 Å². The standard InChI is InChI=1S/C17H14FN3O2/c1-11(12-7-3-2-4-8-12)19-15(22)17-21-20-16(23-17)13-9-5-6-10-14(13)18/h2-11H,1H3,(H,19,22)/t11-/m0/s1. The molecule has 5 nitrogen and oxygen atoms in total. The van der Waals surface area contributed by atoms with Gasteiger partial charge in [-0.2, -0.15) is 0 Å². The molecule has 1 amide bonds. The van der Waals surface area contributed by atoms with Crippen LogP contribution in [0.3, 0.4) is 0 Å². The highest BCUT2D eigenvalue weighted by molar-refractivity contribution is 5.90. The summed E-state index contributed by atoms with van der Waals surface area (Å²) >= 11 is 0. The Labute approximate surface area is 132 Å². The summed E-state index contributed by atoms with van der Waals surface area (Å²) in [5, 5.41) is 10.2. The van der Waals surface area contributed by atoms with Gasteiger partial charge in [-0.3, -0.25) is 4.79 Å². The van der Waals surface area contributed by atoms with Gasteiger partial charge < -0.3 is 9.73 Å². The summed E-state index contributed by atoms with van der Waals surface area (Å²) in [6.07, 6.45) is 0. The molecular formula is C17H14FN3O2. The van der Waals surface area contributed by atoms with Gasteiger partial charge in [-0.25, -0.2) is 4.39 Å². The molecule has 1 atom stereocenters. The van der Waals surface area contributed by atoms with E-state index in [-0.39, 0.29) is 23.4 Å². The molecule has 0 spiro atoms. The minimum atomic E-state index is -0.503. The predicted molar refractivity (Wildman–Crippen MR) is 82.0 cm³/mol. The Morgan fingerprint density at radius 1 is 1.09 bits per heavy atom. The van der Waals surface area contributed by atoms with Crippen molar-refractivity contribution >= 4 is 5.91 Å². The maximum Gasteiger partial charge on any atom is 0.309 e. The topological polar surface area (TPSA) is 68.0 Å². The normalized spacial score (nSPS) is 11.9. The molecule has 3 aromatic rings. The number of carbonyl (C=O) groups is 1. The molecule has 0 fully saturated rings. The number of nitrogens with zero attached hydrogens (tertiary/aromatic N) is 2. The third-order valence-corrected chi connectivity index (χ3v) is 3.37. The summed E-state index contributed by atoms with van der Waals surface area (Å²) in [4.78, 5) is 12.2. The largest absolute Gasteiger partial charge is 0.412 e. The first kappa shape index (κ1) is 14.9. The molecule has 0 saturated heterocycles. The van der Waals surface area contributed by atoms with Gasteiger partial charge in [0.2, 0.25) is 0 Å². The van der Waals surface area contributed by atoms with Crippen LogP contribution in [0, 0.1) is 5.82 Å². The molecule has 0 bridgehead atoms. The van der Waals surface area contributed by atoms with Crippen LogP contribution < -0.4 is 5.32 Å². The Bertz CT molecular complexity index is 817. The van der Waals surface area contributed by atoms with Crippen LogP contribution in [0.4, 0.5) is 4.39 Å². The average molecular weight is 311 g/mol. The highest BCUT2D eigenvalue weighted by Crippen LogP contribution is 2.21. The van der Waals surface area contributed by atoms with Gasteiger partial charge >= 0.3 is 11.8 Å². The van der Waals surface area contributed by atoms with Crippen molar-refractivity contribution in [2.45, 2.75) is 13.0 Å². The van der Waals surface area contributed by atoms with Crippen molar-refractivity contribution in [3.63, 3.8) is 0 Å². The highest BCUT2D eigenvalue weighted by atomic mass is 19.1. The van der Waals surface area contributed by atoms with Crippen molar-refractivity contribution in [1.29, 1.82) is 0 Å². The maximum absolute atomic E-state index is 13.7. The van der Waals surface area contributed by atoms with Crippen LogP contribution in [0.2, 0.25) is 0 Å². The second-order valence-corrected chi connectivity index (χ2v) is 5.00. The van der Waals surface area contributed by atoms with E-state index in [0.29, 0.717) is 0 Å². The van der Waals surface area contributed by atoms with E-state index in [0.717, 1.165) is 5.56 Å². The van der Waals surface area contributed by atoms with Crippen LogP contribution in [-0.2, 0) is 0 Å². The van der Waals surface area contributed by atoms with Gasteiger partial charge in [-0.1, -0.05) is 42.5 Å². The summed E-state index contributed by atoms with van der Waals surface area (Å²) in [5.74, 6) is -1.22. The Kier molecular flexibility index (Phi) is 4.14. The predicted octanol–water partition coefficient (Wildman–Crippen LogP) is 3.37. The minimum absolute atomic E-state index is 0.0272. The molecule has 1 N–H and O–H groups in total. The van der Waals surface area contributed by atoms with Crippen LogP contribution in [0.1, 0.15) is 29.2 Å². The van der Waals surface area contributed by atoms with Crippen molar-refractivity contribution in [3.05, 3.63) is 71.9 Å². The minimum Gasteiger partial charge on any atom is -0.412 e. The third-order valence-electron chi connectivity index (χ3n) is 3.37. The molecule has 2 aromatic carbocycles. The molecule has 0 saturated carbocycles. The molecule has 3 rings (SSSR count). The van der Waals surface area contributed by atoms with Gasteiger partial charge in [0, 0.05) is 0 Å². The Hall–Kier alpha value is -3.02. The Morgan fingerprint density at radius 3 is 2.52 bits per heavy atom. The average Bonchev–Trinajstić information content (AvgIpc) is 3.06. The summed E-state index contributed by atoms with van der Waals surface area (Å²) in [6.45, 7) is 1.85. The van der Waals surface area contributed by atoms with Gasteiger partial charge in [0.05, 0.1) is 11.6 Å². The summed E-state index contributed by atoms with van der Waals surface area (Å²) < 4.78 is 19.0. The summed E-state index contributed by atoms with van der Waals surface area (Å²) in [5.41, 5.74) is 1.12.